The van der Waals surface area contributed by atoms with Crippen molar-refractivity contribution in [3.05, 3.63) is 53.2 Å². The molecule has 24 heavy (non-hydrogen) atoms. The summed E-state index contributed by atoms with van der Waals surface area (Å²) < 4.78 is 4.70. The summed E-state index contributed by atoms with van der Waals surface area (Å²) in [4.78, 5) is 19.9. The number of hydrogen-bond acceptors (Lipinski definition) is 6. The van der Waals surface area contributed by atoms with E-state index in [1.165, 1.54) is 7.11 Å². The SMILES string of the molecule is COC(=O)/C(Cc1cc(-c2cccc(CO)n2)ccc1C)=N/CO. The molecule has 0 aliphatic rings. The van der Waals surface area contributed by atoms with E-state index in [0.29, 0.717) is 5.69 Å². The van der Waals surface area contributed by atoms with Crippen molar-refractivity contribution in [2.45, 2.75) is 20.0 Å². The third-order valence-corrected chi connectivity index (χ3v) is 3.65. The molecule has 0 unspecified atom stereocenters. The average Bonchev–Trinajstić information content (AvgIpc) is 2.62. The summed E-state index contributed by atoms with van der Waals surface area (Å²) in [7, 11) is 1.28. The minimum Gasteiger partial charge on any atom is -0.465 e. The van der Waals surface area contributed by atoms with Crippen molar-refractivity contribution in [2.24, 2.45) is 4.99 Å². The van der Waals surface area contributed by atoms with Crippen LogP contribution in [0.25, 0.3) is 11.3 Å². The quantitative estimate of drug-likeness (QED) is 0.621. The van der Waals surface area contributed by atoms with Crippen molar-refractivity contribution < 1.29 is 19.7 Å². The first-order valence-corrected chi connectivity index (χ1v) is 7.48. The highest BCUT2D eigenvalue weighted by Crippen LogP contribution is 2.22. The third kappa shape index (κ3) is 4.24. The molecule has 0 saturated heterocycles. The third-order valence-electron chi connectivity index (χ3n) is 3.65. The van der Waals surface area contributed by atoms with Crippen molar-refractivity contribution >= 4 is 11.7 Å². The Labute approximate surface area is 140 Å². The normalized spacial score (nSPS) is 11.4. The van der Waals surface area contributed by atoms with Gasteiger partial charge in [0.1, 0.15) is 12.4 Å². The van der Waals surface area contributed by atoms with E-state index >= 15 is 0 Å². The fourth-order valence-electron chi connectivity index (χ4n) is 2.33. The number of aromatic nitrogens is 1. The Morgan fingerprint density at radius 3 is 2.71 bits per heavy atom. The first-order chi connectivity index (χ1) is 11.6. The Hall–Kier alpha value is -2.57. The van der Waals surface area contributed by atoms with Crippen LogP contribution in [0.3, 0.4) is 0 Å². The topological polar surface area (TPSA) is 92.0 Å². The molecule has 1 aromatic heterocycles. The fourth-order valence-corrected chi connectivity index (χ4v) is 2.33. The Bertz CT molecular complexity index is 756. The molecule has 126 valence electrons. The molecule has 0 fully saturated rings. The predicted molar refractivity (Wildman–Crippen MR) is 90.6 cm³/mol. The minimum absolute atomic E-state index is 0.123. The van der Waals surface area contributed by atoms with E-state index in [1.807, 2.05) is 37.3 Å². The number of benzene rings is 1. The van der Waals surface area contributed by atoms with E-state index in [1.54, 1.807) is 6.07 Å². The largest absolute Gasteiger partial charge is 0.465 e. The van der Waals surface area contributed by atoms with E-state index in [-0.39, 0.29) is 18.7 Å². The van der Waals surface area contributed by atoms with Crippen LogP contribution in [0.1, 0.15) is 16.8 Å². The van der Waals surface area contributed by atoms with Crippen LogP contribution in [0, 0.1) is 6.92 Å². The maximum absolute atomic E-state index is 11.8. The smallest absolute Gasteiger partial charge is 0.352 e. The molecule has 2 N–H and O–H groups in total. The maximum Gasteiger partial charge on any atom is 0.352 e. The maximum atomic E-state index is 11.8. The number of hydrogen-bond donors (Lipinski definition) is 2. The van der Waals surface area contributed by atoms with Crippen LogP contribution in [-0.4, -0.2) is 40.7 Å². The van der Waals surface area contributed by atoms with Crippen LogP contribution in [-0.2, 0) is 22.6 Å². The zero-order chi connectivity index (χ0) is 17.5. The number of aliphatic hydroxyl groups is 2. The summed E-state index contributed by atoms with van der Waals surface area (Å²) in [5.41, 5.74) is 4.25. The summed E-state index contributed by atoms with van der Waals surface area (Å²) in [6.45, 7) is 1.34. The van der Waals surface area contributed by atoms with Crippen LogP contribution >= 0.6 is 0 Å². The van der Waals surface area contributed by atoms with Gasteiger partial charge in [-0.3, -0.25) is 9.98 Å². The molecule has 2 rings (SSSR count). The molecule has 0 amide bonds. The van der Waals surface area contributed by atoms with Crippen molar-refractivity contribution in [3.63, 3.8) is 0 Å². The monoisotopic (exact) mass is 328 g/mol. The van der Waals surface area contributed by atoms with E-state index in [2.05, 4.69) is 9.98 Å². The van der Waals surface area contributed by atoms with Gasteiger partial charge < -0.3 is 14.9 Å². The second-order valence-corrected chi connectivity index (χ2v) is 5.23. The molecule has 0 aliphatic heterocycles. The molecular formula is C18H20N2O4. The van der Waals surface area contributed by atoms with Gasteiger partial charge in [0.15, 0.2) is 0 Å². The Morgan fingerprint density at radius 1 is 1.25 bits per heavy atom. The predicted octanol–water partition coefficient (Wildman–Crippen LogP) is 1.66. The number of nitrogens with zero attached hydrogens (tertiary/aromatic N) is 2. The van der Waals surface area contributed by atoms with E-state index in [9.17, 15) is 9.90 Å². The van der Waals surface area contributed by atoms with Gasteiger partial charge in [-0.15, -0.1) is 0 Å². The van der Waals surface area contributed by atoms with E-state index in [0.717, 1.165) is 22.4 Å². The van der Waals surface area contributed by atoms with Gasteiger partial charge in [0.05, 0.1) is 25.1 Å². The van der Waals surface area contributed by atoms with Gasteiger partial charge in [-0.05, 0) is 36.2 Å². The summed E-state index contributed by atoms with van der Waals surface area (Å²) in [5.74, 6) is -0.561. The summed E-state index contributed by atoms with van der Waals surface area (Å²) in [6.07, 6.45) is 0.257. The highest BCUT2D eigenvalue weighted by atomic mass is 16.5. The number of aryl methyl sites for hydroxylation is 1. The van der Waals surface area contributed by atoms with Crippen molar-refractivity contribution in [3.8, 4) is 11.3 Å². The van der Waals surface area contributed by atoms with Crippen LogP contribution in [0.2, 0.25) is 0 Å². The van der Waals surface area contributed by atoms with Gasteiger partial charge in [-0.2, -0.15) is 0 Å². The van der Waals surface area contributed by atoms with Gasteiger partial charge in [0.25, 0.3) is 0 Å². The molecule has 6 heteroatoms. The van der Waals surface area contributed by atoms with E-state index < -0.39 is 12.7 Å². The van der Waals surface area contributed by atoms with Crippen molar-refractivity contribution in [1.82, 2.24) is 4.98 Å². The number of rotatable bonds is 6. The number of methoxy groups -OCH3 is 1. The lowest BCUT2D eigenvalue weighted by Gasteiger charge is -2.10. The number of pyridine rings is 1. The molecule has 0 atom stereocenters. The number of carbonyl (C=O) groups is 1. The Morgan fingerprint density at radius 2 is 2.04 bits per heavy atom. The summed E-state index contributed by atoms with van der Waals surface area (Å²) in [6, 6.07) is 11.2. The first-order valence-electron chi connectivity index (χ1n) is 7.48. The van der Waals surface area contributed by atoms with Crippen molar-refractivity contribution in [2.75, 3.05) is 13.8 Å². The molecule has 6 nitrogen and oxygen atoms in total. The Kier molecular flexibility index (Phi) is 6.17. The number of carbonyl (C=O) groups excluding carboxylic acids is 1. The molecule has 0 saturated carbocycles. The molecular weight excluding hydrogens is 308 g/mol. The zero-order valence-corrected chi connectivity index (χ0v) is 13.7. The van der Waals surface area contributed by atoms with Gasteiger partial charge >= 0.3 is 5.97 Å². The number of esters is 1. The van der Waals surface area contributed by atoms with Gasteiger partial charge in [-0.1, -0.05) is 18.2 Å². The first kappa shape index (κ1) is 17.8. The standard InChI is InChI=1S/C18H20N2O4/c1-12-6-7-13(16-5-3-4-15(10-21)20-16)8-14(12)9-17(19-11-22)18(23)24-2/h3-8,21-22H,9-11H2,1-2H3/b19-17+. The highest BCUT2D eigenvalue weighted by molar-refractivity contribution is 6.36. The zero-order valence-electron chi connectivity index (χ0n) is 13.7. The summed E-state index contributed by atoms with van der Waals surface area (Å²) >= 11 is 0. The summed E-state index contributed by atoms with van der Waals surface area (Å²) in [5, 5.41) is 18.2. The van der Waals surface area contributed by atoms with Crippen LogP contribution in [0.4, 0.5) is 0 Å². The lowest BCUT2D eigenvalue weighted by atomic mass is 9.98. The Balaban J connectivity index is 2.37. The van der Waals surface area contributed by atoms with E-state index in [4.69, 9.17) is 9.84 Å². The van der Waals surface area contributed by atoms with Crippen LogP contribution in [0.15, 0.2) is 41.4 Å². The van der Waals surface area contributed by atoms with Gasteiger partial charge in [-0.25, -0.2) is 4.79 Å². The lowest BCUT2D eigenvalue weighted by Crippen LogP contribution is -2.19. The molecule has 1 heterocycles. The molecule has 0 radical (unpaired) electrons. The highest BCUT2D eigenvalue weighted by Gasteiger charge is 2.14. The van der Waals surface area contributed by atoms with Gasteiger partial charge in [0, 0.05) is 12.0 Å². The minimum atomic E-state index is -0.561. The molecule has 0 aliphatic carbocycles. The molecule has 1 aromatic carbocycles. The number of ether oxygens (including phenoxy) is 1. The average molecular weight is 328 g/mol. The van der Waals surface area contributed by atoms with Crippen LogP contribution in [0.5, 0.6) is 0 Å². The molecule has 2 aromatic rings. The van der Waals surface area contributed by atoms with Crippen LogP contribution < -0.4 is 0 Å². The van der Waals surface area contributed by atoms with Gasteiger partial charge in [0.2, 0.25) is 0 Å². The van der Waals surface area contributed by atoms with Crippen molar-refractivity contribution in [1.29, 1.82) is 0 Å². The number of aliphatic imine (C=N–C) groups is 1. The number of aliphatic hydroxyl groups excluding tert-OH is 2. The second-order valence-electron chi connectivity index (χ2n) is 5.23. The fraction of sp³-hybridized carbons (Fsp3) is 0.278. The second kappa shape index (κ2) is 8.33. The molecule has 0 bridgehead atoms. The lowest BCUT2D eigenvalue weighted by molar-refractivity contribution is -0.132. The molecule has 0 spiro atoms.